The summed E-state index contributed by atoms with van der Waals surface area (Å²) in [5.41, 5.74) is 5.76. The van der Waals surface area contributed by atoms with Crippen LogP contribution in [0.15, 0.2) is 29.4 Å². The number of oxime groups is 1. The highest BCUT2D eigenvalue weighted by Gasteiger charge is 2.19. The second-order valence-electron chi connectivity index (χ2n) is 4.13. The van der Waals surface area contributed by atoms with Crippen LogP contribution >= 0.6 is 0 Å². The maximum atomic E-state index is 12.8. The van der Waals surface area contributed by atoms with E-state index in [2.05, 4.69) is 5.16 Å². The van der Waals surface area contributed by atoms with E-state index in [0.29, 0.717) is 5.56 Å². The van der Waals surface area contributed by atoms with Crippen molar-refractivity contribution in [1.29, 1.82) is 0 Å². The molecular weight excluding hydrogens is 237 g/mol. The van der Waals surface area contributed by atoms with E-state index in [0.717, 1.165) is 0 Å². The van der Waals surface area contributed by atoms with Gasteiger partial charge in [0.2, 0.25) is 0 Å². The van der Waals surface area contributed by atoms with E-state index >= 15 is 0 Å². The molecule has 0 heterocycles. The van der Waals surface area contributed by atoms with E-state index in [-0.39, 0.29) is 24.3 Å². The number of carbonyl (C=O) groups excluding carboxylic acids is 1. The Balaban J connectivity index is 2.92. The Morgan fingerprint density at radius 1 is 1.44 bits per heavy atom. The average Bonchev–Trinajstić information content (AvgIpc) is 2.35. The Kier molecular flexibility index (Phi) is 4.65. The lowest BCUT2D eigenvalue weighted by Crippen LogP contribution is -2.42. The minimum Gasteiger partial charge on any atom is -0.409 e. The lowest BCUT2D eigenvalue weighted by molar-refractivity contribution is 0.0734. The Morgan fingerprint density at radius 3 is 2.44 bits per heavy atom. The average molecular weight is 253 g/mol. The van der Waals surface area contributed by atoms with Crippen molar-refractivity contribution in [3.05, 3.63) is 35.6 Å². The zero-order chi connectivity index (χ0) is 13.7. The van der Waals surface area contributed by atoms with E-state index in [9.17, 15) is 9.18 Å². The molecule has 18 heavy (non-hydrogen) atoms. The lowest BCUT2D eigenvalue weighted by Gasteiger charge is -2.26. The molecular formula is C12H16FN3O2. The molecule has 3 N–H and O–H groups in total. The molecule has 1 amide bonds. The standard InChI is InChI=1S/C12H16FN3O2/c1-8(2)16(7-11(14)15-18)12(17)9-3-5-10(13)6-4-9/h3-6,8,18H,7H2,1-2H3,(H2,14,15). The van der Waals surface area contributed by atoms with Gasteiger partial charge in [0.25, 0.3) is 5.91 Å². The molecule has 1 aromatic carbocycles. The summed E-state index contributed by atoms with van der Waals surface area (Å²) in [7, 11) is 0. The third-order valence-corrected chi connectivity index (χ3v) is 2.44. The summed E-state index contributed by atoms with van der Waals surface area (Å²) in [4.78, 5) is 13.6. The van der Waals surface area contributed by atoms with Crippen molar-refractivity contribution in [2.75, 3.05) is 6.54 Å². The quantitative estimate of drug-likeness (QED) is 0.368. The van der Waals surface area contributed by atoms with Gasteiger partial charge >= 0.3 is 0 Å². The largest absolute Gasteiger partial charge is 0.409 e. The van der Waals surface area contributed by atoms with Crippen LogP contribution in [0.25, 0.3) is 0 Å². The minimum atomic E-state index is -0.404. The van der Waals surface area contributed by atoms with Crippen molar-refractivity contribution in [2.24, 2.45) is 10.9 Å². The van der Waals surface area contributed by atoms with Gasteiger partial charge in [0.15, 0.2) is 5.84 Å². The number of hydrogen-bond donors (Lipinski definition) is 2. The first kappa shape index (κ1) is 14.0. The van der Waals surface area contributed by atoms with Gasteiger partial charge in [-0.25, -0.2) is 4.39 Å². The molecule has 0 aromatic heterocycles. The fraction of sp³-hybridized carbons (Fsp3) is 0.333. The van der Waals surface area contributed by atoms with E-state index in [1.165, 1.54) is 29.2 Å². The maximum absolute atomic E-state index is 12.8. The third kappa shape index (κ3) is 3.44. The first-order valence-electron chi connectivity index (χ1n) is 5.48. The molecule has 0 unspecified atom stereocenters. The van der Waals surface area contributed by atoms with E-state index < -0.39 is 5.82 Å². The van der Waals surface area contributed by atoms with Gasteiger partial charge in [0.1, 0.15) is 5.82 Å². The molecule has 0 saturated carbocycles. The summed E-state index contributed by atoms with van der Waals surface area (Å²) in [6, 6.07) is 5.12. The van der Waals surface area contributed by atoms with E-state index in [1.54, 1.807) is 0 Å². The van der Waals surface area contributed by atoms with Crippen LogP contribution < -0.4 is 5.73 Å². The molecule has 0 aliphatic carbocycles. The fourth-order valence-corrected chi connectivity index (χ4v) is 1.45. The lowest BCUT2D eigenvalue weighted by atomic mass is 10.1. The van der Waals surface area contributed by atoms with Crippen molar-refractivity contribution < 1.29 is 14.4 Å². The van der Waals surface area contributed by atoms with Crippen LogP contribution in [0.5, 0.6) is 0 Å². The van der Waals surface area contributed by atoms with Crippen LogP contribution in [0, 0.1) is 5.82 Å². The number of nitrogens with zero attached hydrogens (tertiary/aromatic N) is 2. The van der Waals surface area contributed by atoms with Gasteiger partial charge in [0, 0.05) is 11.6 Å². The van der Waals surface area contributed by atoms with Gasteiger partial charge in [-0.15, -0.1) is 0 Å². The topological polar surface area (TPSA) is 78.9 Å². The highest BCUT2D eigenvalue weighted by Crippen LogP contribution is 2.09. The molecule has 0 fully saturated rings. The summed E-state index contributed by atoms with van der Waals surface area (Å²) >= 11 is 0. The Morgan fingerprint density at radius 2 is 2.00 bits per heavy atom. The van der Waals surface area contributed by atoms with E-state index in [1.807, 2.05) is 13.8 Å². The van der Waals surface area contributed by atoms with Gasteiger partial charge in [-0.05, 0) is 38.1 Å². The Labute approximate surface area is 105 Å². The van der Waals surface area contributed by atoms with Crippen LogP contribution in [-0.2, 0) is 0 Å². The van der Waals surface area contributed by atoms with Gasteiger partial charge in [-0.1, -0.05) is 5.16 Å². The van der Waals surface area contributed by atoms with Crippen molar-refractivity contribution in [2.45, 2.75) is 19.9 Å². The van der Waals surface area contributed by atoms with Crippen LogP contribution in [0.4, 0.5) is 4.39 Å². The zero-order valence-corrected chi connectivity index (χ0v) is 10.3. The number of amidine groups is 1. The van der Waals surface area contributed by atoms with Gasteiger partial charge in [-0.3, -0.25) is 4.79 Å². The highest BCUT2D eigenvalue weighted by molar-refractivity contribution is 5.97. The number of benzene rings is 1. The second kappa shape index (κ2) is 6.00. The number of carbonyl (C=O) groups is 1. The SMILES string of the molecule is CC(C)N(CC(N)=NO)C(=O)c1ccc(F)cc1. The predicted octanol–water partition coefficient (Wildman–Crippen LogP) is 1.42. The number of rotatable bonds is 4. The fourth-order valence-electron chi connectivity index (χ4n) is 1.45. The molecule has 0 atom stereocenters. The summed E-state index contributed by atoms with van der Waals surface area (Å²) in [6.07, 6.45) is 0. The number of hydrogen-bond acceptors (Lipinski definition) is 3. The summed E-state index contributed by atoms with van der Waals surface area (Å²) < 4.78 is 12.8. The molecule has 0 aliphatic heterocycles. The highest BCUT2D eigenvalue weighted by atomic mass is 19.1. The van der Waals surface area contributed by atoms with Gasteiger partial charge in [0.05, 0.1) is 6.54 Å². The number of amides is 1. The van der Waals surface area contributed by atoms with Gasteiger partial charge < -0.3 is 15.8 Å². The van der Waals surface area contributed by atoms with Crippen LogP contribution in [0.2, 0.25) is 0 Å². The Hall–Kier alpha value is -2.11. The molecule has 0 bridgehead atoms. The molecule has 0 spiro atoms. The zero-order valence-electron chi connectivity index (χ0n) is 10.3. The molecule has 0 aliphatic rings. The van der Waals surface area contributed by atoms with Gasteiger partial charge in [-0.2, -0.15) is 0 Å². The first-order valence-corrected chi connectivity index (χ1v) is 5.48. The van der Waals surface area contributed by atoms with Crippen molar-refractivity contribution in [3.8, 4) is 0 Å². The molecule has 1 rings (SSSR count). The predicted molar refractivity (Wildman–Crippen MR) is 66.0 cm³/mol. The summed E-state index contributed by atoms with van der Waals surface area (Å²) in [6.45, 7) is 3.64. The summed E-state index contributed by atoms with van der Waals surface area (Å²) in [5.74, 6) is -0.755. The van der Waals surface area contributed by atoms with Crippen LogP contribution in [-0.4, -0.2) is 34.4 Å². The van der Waals surface area contributed by atoms with Crippen molar-refractivity contribution >= 4 is 11.7 Å². The van der Waals surface area contributed by atoms with Crippen LogP contribution in [0.1, 0.15) is 24.2 Å². The third-order valence-electron chi connectivity index (χ3n) is 2.44. The molecule has 6 heteroatoms. The molecule has 1 aromatic rings. The molecule has 0 radical (unpaired) electrons. The number of nitrogens with two attached hydrogens (primary N) is 1. The monoisotopic (exact) mass is 253 g/mol. The Bertz CT molecular complexity index is 443. The molecule has 0 saturated heterocycles. The normalized spacial score (nSPS) is 11.7. The van der Waals surface area contributed by atoms with Crippen LogP contribution in [0.3, 0.4) is 0 Å². The van der Waals surface area contributed by atoms with Crippen molar-refractivity contribution in [3.63, 3.8) is 0 Å². The molecule has 98 valence electrons. The first-order chi connectivity index (χ1) is 8.45. The number of halogens is 1. The summed E-state index contributed by atoms with van der Waals surface area (Å²) in [5, 5.41) is 11.4. The van der Waals surface area contributed by atoms with Crippen molar-refractivity contribution in [1.82, 2.24) is 4.90 Å². The smallest absolute Gasteiger partial charge is 0.254 e. The second-order valence-corrected chi connectivity index (χ2v) is 4.13. The maximum Gasteiger partial charge on any atom is 0.254 e. The molecule has 5 nitrogen and oxygen atoms in total. The van der Waals surface area contributed by atoms with E-state index in [4.69, 9.17) is 10.9 Å². The minimum absolute atomic E-state index is 0.0182.